The number of hydrogen-bond acceptors (Lipinski definition) is 4. The second kappa shape index (κ2) is 6.72. The number of carbonyl (C=O) groups is 2. The third kappa shape index (κ3) is 3.35. The van der Waals surface area contributed by atoms with Crippen LogP contribution in [0.2, 0.25) is 0 Å². The molecule has 0 spiro atoms. The maximum atomic E-state index is 12.5. The molecule has 0 unspecified atom stereocenters. The Morgan fingerprint density at radius 1 is 1.00 bits per heavy atom. The summed E-state index contributed by atoms with van der Waals surface area (Å²) in [6.07, 6.45) is 1.50. The van der Waals surface area contributed by atoms with E-state index in [4.69, 9.17) is 4.74 Å². The van der Waals surface area contributed by atoms with Gasteiger partial charge in [0.25, 0.3) is 11.8 Å². The van der Waals surface area contributed by atoms with E-state index in [-0.39, 0.29) is 17.1 Å². The van der Waals surface area contributed by atoms with Crippen molar-refractivity contribution in [3.63, 3.8) is 0 Å². The zero-order chi connectivity index (χ0) is 18.0. The van der Waals surface area contributed by atoms with Crippen LogP contribution in [0.25, 0.3) is 11.6 Å². The molecule has 0 aromatic heterocycles. The Morgan fingerprint density at radius 2 is 1.72 bits per heavy atom. The Labute approximate surface area is 141 Å². The lowest BCUT2D eigenvalue weighted by Gasteiger charge is -2.18. The van der Waals surface area contributed by atoms with Crippen LogP contribution in [0.1, 0.15) is 21.5 Å². The Balaban J connectivity index is 2.07. The quantitative estimate of drug-likeness (QED) is 0.683. The third-order valence-electron chi connectivity index (χ3n) is 3.65. The van der Waals surface area contributed by atoms with Gasteiger partial charge in [-0.15, -0.1) is 0 Å². The fourth-order valence-corrected chi connectivity index (χ4v) is 2.56. The lowest BCUT2D eigenvalue weighted by atomic mass is 9.93. The number of halogens is 2. The average Bonchev–Trinajstić information content (AvgIpc) is 2.58. The van der Waals surface area contributed by atoms with E-state index in [0.29, 0.717) is 16.7 Å². The van der Waals surface area contributed by atoms with Crippen molar-refractivity contribution >= 4 is 23.5 Å². The summed E-state index contributed by atoms with van der Waals surface area (Å²) < 4.78 is 34.5. The molecular formula is C18H13F2NO4. The van der Waals surface area contributed by atoms with E-state index in [2.05, 4.69) is 10.1 Å². The van der Waals surface area contributed by atoms with Gasteiger partial charge in [-0.2, -0.15) is 8.78 Å². The molecule has 3 rings (SSSR count). The molecular weight excluding hydrogens is 332 g/mol. The molecule has 2 amide bonds. The smallest absolute Gasteiger partial charge is 0.387 e. The Kier molecular flexibility index (Phi) is 4.47. The standard InChI is InChI=1S/C18H13F2NO4/c1-24-14-7-6-10(9-15(14)25-18(19)20)8-13-11-4-2-3-5-12(11)16(22)21-17(13)23/h2-9,18H,1H3,(H,21,22,23)/b13-8-. The number of carbonyl (C=O) groups excluding carboxylic acids is 2. The minimum atomic E-state index is -3.01. The lowest BCUT2D eigenvalue weighted by Crippen LogP contribution is -2.36. The Bertz CT molecular complexity index is 877. The Morgan fingerprint density at radius 3 is 2.40 bits per heavy atom. The van der Waals surface area contributed by atoms with Crippen LogP contribution < -0.4 is 14.8 Å². The molecule has 2 aromatic rings. The summed E-state index contributed by atoms with van der Waals surface area (Å²) in [5, 5.41) is 2.25. The highest BCUT2D eigenvalue weighted by Gasteiger charge is 2.26. The molecule has 0 radical (unpaired) electrons. The molecule has 25 heavy (non-hydrogen) atoms. The molecule has 2 aromatic carbocycles. The van der Waals surface area contributed by atoms with Crippen LogP contribution in [-0.4, -0.2) is 25.5 Å². The highest BCUT2D eigenvalue weighted by atomic mass is 19.3. The van der Waals surface area contributed by atoms with Gasteiger partial charge in [0.15, 0.2) is 11.5 Å². The van der Waals surface area contributed by atoms with E-state index in [0.717, 1.165) is 0 Å². The van der Waals surface area contributed by atoms with Crippen LogP contribution in [0.4, 0.5) is 8.78 Å². The summed E-state index contributed by atoms with van der Waals surface area (Å²) in [6, 6.07) is 11.0. The fourth-order valence-electron chi connectivity index (χ4n) is 2.56. The molecule has 0 aliphatic carbocycles. The van der Waals surface area contributed by atoms with Gasteiger partial charge in [0.1, 0.15) is 0 Å². The van der Waals surface area contributed by atoms with Gasteiger partial charge in [-0.05, 0) is 35.4 Å². The van der Waals surface area contributed by atoms with Crippen LogP contribution in [-0.2, 0) is 4.79 Å². The van der Waals surface area contributed by atoms with Gasteiger partial charge in [0, 0.05) is 11.1 Å². The van der Waals surface area contributed by atoms with E-state index in [1.54, 1.807) is 30.3 Å². The number of imide groups is 1. The minimum Gasteiger partial charge on any atom is -0.493 e. The van der Waals surface area contributed by atoms with Gasteiger partial charge in [-0.25, -0.2) is 0 Å². The number of rotatable bonds is 4. The summed E-state index contributed by atoms with van der Waals surface area (Å²) in [6.45, 7) is -3.01. The van der Waals surface area contributed by atoms with Crippen LogP contribution in [0, 0.1) is 0 Å². The first-order valence-corrected chi connectivity index (χ1v) is 7.29. The van der Waals surface area contributed by atoms with Crippen molar-refractivity contribution in [1.29, 1.82) is 0 Å². The summed E-state index contributed by atoms with van der Waals surface area (Å²) in [7, 11) is 1.34. The maximum Gasteiger partial charge on any atom is 0.387 e. The number of amides is 2. The monoisotopic (exact) mass is 345 g/mol. The largest absolute Gasteiger partial charge is 0.493 e. The molecule has 1 aliphatic rings. The second-order valence-corrected chi connectivity index (χ2v) is 5.18. The second-order valence-electron chi connectivity index (χ2n) is 5.18. The number of benzene rings is 2. The lowest BCUT2D eigenvalue weighted by molar-refractivity contribution is -0.114. The van der Waals surface area contributed by atoms with Crippen molar-refractivity contribution in [3.05, 3.63) is 59.2 Å². The van der Waals surface area contributed by atoms with Crippen LogP contribution >= 0.6 is 0 Å². The summed E-state index contributed by atoms with van der Waals surface area (Å²) in [5.41, 5.74) is 1.54. The van der Waals surface area contributed by atoms with Crippen molar-refractivity contribution < 1.29 is 27.8 Å². The Hall–Kier alpha value is -3.22. The molecule has 7 heteroatoms. The molecule has 5 nitrogen and oxygen atoms in total. The number of methoxy groups -OCH3 is 1. The summed E-state index contributed by atoms with van der Waals surface area (Å²) >= 11 is 0. The molecule has 0 saturated carbocycles. The number of fused-ring (bicyclic) bond motifs is 1. The molecule has 1 heterocycles. The average molecular weight is 345 g/mol. The minimum absolute atomic E-state index is 0.145. The maximum absolute atomic E-state index is 12.5. The van der Waals surface area contributed by atoms with E-state index in [1.807, 2.05) is 0 Å². The fraction of sp³-hybridized carbons (Fsp3) is 0.111. The van der Waals surface area contributed by atoms with Gasteiger partial charge in [-0.3, -0.25) is 14.9 Å². The zero-order valence-electron chi connectivity index (χ0n) is 13.1. The zero-order valence-corrected chi connectivity index (χ0v) is 13.1. The van der Waals surface area contributed by atoms with Gasteiger partial charge >= 0.3 is 6.61 Å². The normalized spacial score (nSPS) is 15.1. The first-order chi connectivity index (χ1) is 12.0. The van der Waals surface area contributed by atoms with Crippen molar-refractivity contribution in [2.45, 2.75) is 6.61 Å². The first kappa shape index (κ1) is 16.6. The van der Waals surface area contributed by atoms with Crippen LogP contribution in [0.15, 0.2) is 42.5 Å². The SMILES string of the molecule is COc1ccc(/C=C2\C(=O)NC(=O)c3ccccc32)cc1OC(F)F. The molecule has 0 bridgehead atoms. The van der Waals surface area contributed by atoms with Gasteiger partial charge in [0.05, 0.1) is 7.11 Å². The van der Waals surface area contributed by atoms with E-state index in [1.165, 1.54) is 25.3 Å². The first-order valence-electron chi connectivity index (χ1n) is 7.29. The van der Waals surface area contributed by atoms with E-state index in [9.17, 15) is 18.4 Å². The predicted molar refractivity (Wildman–Crippen MR) is 86.4 cm³/mol. The third-order valence-corrected chi connectivity index (χ3v) is 3.65. The van der Waals surface area contributed by atoms with E-state index >= 15 is 0 Å². The van der Waals surface area contributed by atoms with Gasteiger partial charge in [-0.1, -0.05) is 24.3 Å². The highest BCUT2D eigenvalue weighted by molar-refractivity contribution is 6.33. The van der Waals surface area contributed by atoms with Crippen molar-refractivity contribution in [3.8, 4) is 11.5 Å². The van der Waals surface area contributed by atoms with Crippen molar-refractivity contribution in [2.75, 3.05) is 7.11 Å². The number of ether oxygens (including phenoxy) is 2. The van der Waals surface area contributed by atoms with Crippen molar-refractivity contribution in [1.82, 2.24) is 5.32 Å². The topological polar surface area (TPSA) is 64.6 Å². The molecule has 1 aliphatic heterocycles. The predicted octanol–water partition coefficient (Wildman–Crippen LogP) is 3.11. The van der Waals surface area contributed by atoms with Gasteiger partial charge < -0.3 is 9.47 Å². The molecule has 0 fully saturated rings. The van der Waals surface area contributed by atoms with Crippen molar-refractivity contribution in [2.24, 2.45) is 0 Å². The van der Waals surface area contributed by atoms with Crippen LogP contribution in [0.3, 0.4) is 0 Å². The molecule has 128 valence electrons. The number of nitrogens with one attached hydrogen (secondary N) is 1. The molecule has 0 atom stereocenters. The molecule has 1 N–H and O–H groups in total. The van der Waals surface area contributed by atoms with Crippen LogP contribution in [0.5, 0.6) is 11.5 Å². The summed E-state index contributed by atoms with van der Waals surface area (Å²) in [5.74, 6) is -1.04. The van der Waals surface area contributed by atoms with E-state index < -0.39 is 18.4 Å². The molecule has 0 saturated heterocycles. The summed E-state index contributed by atoms with van der Waals surface area (Å²) in [4.78, 5) is 24.1. The highest BCUT2D eigenvalue weighted by Crippen LogP contribution is 2.32. The number of hydrogen-bond donors (Lipinski definition) is 1. The number of alkyl halides is 2. The van der Waals surface area contributed by atoms with Gasteiger partial charge in [0.2, 0.25) is 0 Å².